The van der Waals surface area contributed by atoms with Gasteiger partial charge in [-0.25, -0.2) is 0 Å². The molecule has 0 aromatic heterocycles. The molecule has 0 radical (unpaired) electrons. The molecule has 0 rings (SSSR count). The van der Waals surface area contributed by atoms with Gasteiger partial charge in [-0.3, -0.25) is 9.11 Å². The maximum atomic E-state index is 10.7. The topological polar surface area (TPSA) is 118 Å². The van der Waals surface area contributed by atoms with E-state index in [0.29, 0.717) is 0 Å². The van der Waals surface area contributed by atoms with Crippen LogP contribution in [-0.4, -0.2) is 36.8 Å². The van der Waals surface area contributed by atoms with E-state index < -0.39 is 31.1 Å². The van der Waals surface area contributed by atoms with Crippen molar-refractivity contribution in [2.24, 2.45) is 0 Å². The Hall–Kier alpha value is 0.780. The van der Waals surface area contributed by atoms with E-state index in [4.69, 9.17) is 9.11 Å². The van der Waals surface area contributed by atoms with Crippen molar-refractivity contribution in [3.05, 3.63) is 0 Å². The van der Waals surface area contributed by atoms with Crippen molar-refractivity contribution in [1.82, 2.24) is 0 Å². The average Bonchev–Trinajstić information content (AvgIpc) is 2.01. The van der Waals surface area contributed by atoms with Gasteiger partial charge in [-0.1, -0.05) is 13.8 Å². The van der Waals surface area contributed by atoms with Crippen LogP contribution < -0.4 is 29.6 Å². The Kier molecular flexibility index (Phi) is 8.69. The van der Waals surface area contributed by atoms with E-state index in [9.17, 15) is 16.8 Å². The van der Waals surface area contributed by atoms with E-state index in [1.807, 2.05) is 0 Å². The van der Waals surface area contributed by atoms with Crippen LogP contribution in [0.25, 0.3) is 0 Å². The van der Waals surface area contributed by atoms with Crippen LogP contribution in [0.5, 0.6) is 0 Å². The molecule has 0 aromatic rings. The zero-order valence-electron chi connectivity index (χ0n) is 10.3. The van der Waals surface area contributed by atoms with Gasteiger partial charge >= 0.3 is 29.6 Å². The zero-order valence-corrected chi connectivity index (χ0v) is 13.0. The van der Waals surface area contributed by atoms with Gasteiger partial charge in [0.25, 0.3) is 20.2 Å². The summed E-state index contributed by atoms with van der Waals surface area (Å²) in [6, 6.07) is 0. The molecule has 16 heavy (non-hydrogen) atoms. The van der Waals surface area contributed by atoms with Gasteiger partial charge in [0, 0.05) is 0 Å². The van der Waals surface area contributed by atoms with Gasteiger partial charge in [0.2, 0.25) is 0 Å². The molecule has 2 N–H and O–H groups in total. The Morgan fingerprint density at radius 2 is 1.25 bits per heavy atom. The van der Waals surface area contributed by atoms with Gasteiger partial charge in [-0.2, -0.15) is 16.8 Å². The summed E-state index contributed by atoms with van der Waals surface area (Å²) < 4.78 is 64.7. The Bertz CT molecular complexity index is 355. The van der Waals surface area contributed by atoms with Gasteiger partial charge in [0.1, 0.15) is 0 Å². The summed E-state index contributed by atoms with van der Waals surface area (Å²) in [7, 11) is -8.96. The molecular formula is C6H15NaO7S2. The Morgan fingerprint density at radius 3 is 1.38 bits per heavy atom. The second-order valence-corrected chi connectivity index (χ2v) is 5.95. The SMILES string of the molecule is CCC(OC(CC)S(=O)(=O)O)S(=O)(=O)O.[H-].[Na+]. The summed E-state index contributed by atoms with van der Waals surface area (Å²) in [6.07, 6.45) is -0.240. The van der Waals surface area contributed by atoms with E-state index >= 15 is 0 Å². The fourth-order valence-corrected chi connectivity index (χ4v) is 2.39. The molecule has 7 nitrogen and oxygen atoms in total. The largest absolute Gasteiger partial charge is 1.00 e. The summed E-state index contributed by atoms with van der Waals surface area (Å²) >= 11 is 0. The number of hydrogen-bond acceptors (Lipinski definition) is 5. The van der Waals surface area contributed by atoms with Crippen molar-refractivity contribution >= 4 is 20.2 Å². The molecule has 0 amide bonds. The minimum Gasteiger partial charge on any atom is -1.00 e. The minimum atomic E-state index is -4.48. The molecule has 2 atom stereocenters. The van der Waals surface area contributed by atoms with Crippen molar-refractivity contribution in [3.8, 4) is 0 Å². The summed E-state index contributed by atoms with van der Waals surface area (Å²) in [5.41, 5.74) is -3.30. The van der Waals surface area contributed by atoms with Crippen LogP contribution in [0.4, 0.5) is 0 Å². The van der Waals surface area contributed by atoms with Gasteiger partial charge in [-0.15, -0.1) is 0 Å². The smallest absolute Gasteiger partial charge is 1.00 e. The number of hydrogen-bond donors (Lipinski definition) is 2. The standard InChI is InChI=1S/C6H14O7S2.Na.H/c1-3-5(14(7,8)9)13-6(4-2)15(10,11)12;;/h5-6H,3-4H2,1-2H3,(H,7,8,9)(H,10,11,12);;/q;+1;-1. The molecule has 0 saturated carbocycles. The van der Waals surface area contributed by atoms with Crippen molar-refractivity contribution < 1.29 is 61.7 Å². The first-order valence-corrected chi connectivity index (χ1v) is 7.21. The maximum absolute atomic E-state index is 10.7. The molecule has 94 valence electrons. The predicted octanol–water partition coefficient (Wildman–Crippen LogP) is -2.63. The van der Waals surface area contributed by atoms with E-state index in [0.717, 1.165) is 0 Å². The fraction of sp³-hybridized carbons (Fsp3) is 1.00. The fourth-order valence-electron chi connectivity index (χ4n) is 0.923. The third-order valence-corrected chi connectivity index (χ3v) is 3.85. The predicted molar refractivity (Wildman–Crippen MR) is 53.5 cm³/mol. The third-order valence-electron chi connectivity index (χ3n) is 1.63. The molecule has 0 aromatic carbocycles. The second kappa shape index (κ2) is 7.27. The van der Waals surface area contributed by atoms with Crippen molar-refractivity contribution in [1.29, 1.82) is 0 Å². The van der Waals surface area contributed by atoms with Crippen molar-refractivity contribution in [2.75, 3.05) is 0 Å². The molecule has 0 bridgehead atoms. The first-order chi connectivity index (χ1) is 6.62. The number of ether oxygens (including phenoxy) is 1. The Labute approximate surface area is 119 Å². The van der Waals surface area contributed by atoms with Gasteiger partial charge in [0.05, 0.1) is 0 Å². The van der Waals surface area contributed by atoms with Crippen LogP contribution in [0.2, 0.25) is 0 Å². The number of rotatable bonds is 6. The van der Waals surface area contributed by atoms with Gasteiger partial charge < -0.3 is 6.16 Å². The molecule has 0 aliphatic heterocycles. The summed E-state index contributed by atoms with van der Waals surface area (Å²) in [5, 5.41) is 0. The summed E-state index contributed by atoms with van der Waals surface area (Å²) in [5.74, 6) is 0. The Balaban J connectivity index is -0.000000980. The molecule has 0 aliphatic rings. The van der Waals surface area contributed by atoms with E-state index in [2.05, 4.69) is 4.74 Å². The monoisotopic (exact) mass is 286 g/mol. The normalized spacial score (nSPS) is 16.2. The van der Waals surface area contributed by atoms with Crippen LogP contribution >= 0.6 is 0 Å². The Morgan fingerprint density at radius 1 is 1.00 bits per heavy atom. The van der Waals surface area contributed by atoms with E-state index in [1.54, 1.807) is 0 Å². The maximum Gasteiger partial charge on any atom is 1.00 e. The van der Waals surface area contributed by atoms with Crippen LogP contribution in [0.1, 0.15) is 28.1 Å². The summed E-state index contributed by atoms with van der Waals surface area (Å²) in [6.45, 7) is 2.80. The molecule has 0 saturated heterocycles. The molecule has 2 unspecified atom stereocenters. The molecule has 10 heteroatoms. The zero-order chi connectivity index (χ0) is 12.3. The third kappa shape index (κ3) is 6.50. The second-order valence-electron chi connectivity index (χ2n) is 2.84. The van der Waals surface area contributed by atoms with Crippen LogP contribution in [-0.2, 0) is 25.0 Å². The first-order valence-electron chi connectivity index (χ1n) is 4.21. The molecule has 0 spiro atoms. The van der Waals surface area contributed by atoms with Crippen molar-refractivity contribution in [3.63, 3.8) is 0 Å². The summed E-state index contributed by atoms with van der Waals surface area (Å²) in [4.78, 5) is 0. The quantitative estimate of drug-likeness (QED) is 0.405. The molecule has 0 fully saturated rings. The molecule has 0 aliphatic carbocycles. The molecular weight excluding hydrogens is 271 g/mol. The van der Waals surface area contributed by atoms with Gasteiger partial charge in [-0.05, 0) is 12.8 Å². The minimum absolute atomic E-state index is 0. The van der Waals surface area contributed by atoms with Crippen LogP contribution in [0.3, 0.4) is 0 Å². The molecule has 0 heterocycles. The van der Waals surface area contributed by atoms with Crippen LogP contribution in [0, 0.1) is 0 Å². The average molecular weight is 286 g/mol. The first kappa shape index (κ1) is 19.1. The van der Waals surface area contributed by atoms with Gasteiger partial charge in [0.15, 0.2) is 10.9 Å². The van der Waals surface area contributed by atoms with E-state index in [1.165, 1.54) is 13.8 Å². The van der Waals surface area contributed by atoms with Crippen molar-refractivity contribution in [2.45, 2.75) is 37.6 Å². The van der Waals surface area contributed by atoms with E-state index in [-0.39, 0.29) is 43.8 Å². The van der Waals surface area contributed by atoms with Crippen LogP contribution in [0.15, 0.2) is 0 Å².